The normalized spacial score (nSPS) is 12.1. The van der Waals surface area contributed by atoms with Crippen molar-refractivity contribution >= 4 is 23.1 Å². The Morgan fingerprint density at radius 1 is 1.31 bits per heavy atom. The Bertz CT molecular complexity index is 284. The van der Waals surface area contributed by atoms with Crippen LogP contribution in [-0.2, 0) is 5.75 Å². The molecule has 3 heteroatoms. The summed E-state index contributed by atoms with van der Waals surface area (Å²) in [6, 6.07) is 0. The summed E-state index contributed by atoms with van der Waals surface area (Å²) in [7, 11) is 0. The van der Waals surface area contributed by atoms with Gasteiger partial charge in [-0.15, -0.1) is 11.3 Å². The SMILES string of the molecule is Cc1nc(C)c(CSC(C)(C)C)s1. The zero-order valence-corrected chi connectivity index (χ0v) is 10.6. The molecule has 0 aliphatic heterocycles. The van der Waals surface area contributed by atoms with Gasteiger partial charge in [0.25, 0.3) is 0 Å². The van der Waals surface area contributed by atoms with Crippen LogP contribution in [0.5, 0.6) is 0 Å². The van der Waals surface area contributed by atoms with Gasteiger partial charge in [-0.2, -0.15) is 11.8 Å². The third-order valence-electron chi connectivity index (χ3n) is 1.64. The fourth-order valence-corrected chi connectivity index (χ4v) is 2.91. The summed E-state index contributed by atoms with van der Waals surface area (Å²) in [5.74, 6) is 1.10. The third-order valence-corrected chi connectivity index (χ3v) is 4.19. The van der Waals surface area contributed by atoms with Crippen molar-refractivity contribution < 1.29 is 0 Å². The monoisotopic (exact) mass is 215 g/mol. The Labute approximate surface area is 89.0 Å². The minimum Gasteiger partial charge on any atom is -0.247 e. The predicted molar refractivity (Wildman–Crippen MR) is 62.6 cm³/mol. The fraction of sp³-hybridized carbons (Fsp3) is 0.700. The molecule has 0 saturated heterocycles. The van der Waals surface area contributed by atoms with E-state index in [-0.39, 0.29) is 0 Å². The van der Waals surface area contributed by atoms with Gasteiger partial charge in [0.2, 0.25) is 0 Å². The van der Waals surface area contributed by atoms with E-state index in [0.29, 0.717) is 4.75 Å². The lowest BCUT2D eigenvalue weighted by atomic mass is 10.3. The van der Waals surface area contributed by atoms with Gasteiger partial charge >= 0.3 is 0 Å². The molecule has 0 radical (unpaired) electrons. The van der Waals surface area contributed by atoms with Gasteiger partial charge in [0, 0.05) is 15.4 Å². The van der Waals surface area contributed by atoms with E-state index in [9.17, 15) is 0 Å². The lowest BCUT2D eigenvalue weighted by molar-refractivity contribution is 0.802. The van der Waals surface area contributed by atoms with E-state index in [1.165, 1.54) is 15.6 Å². The minimum atomic E-state index is 0.352. The van der Waals surface area contributed by atoms with Crippen LogP contribution in [0.4, 0.5) is 0 Å². The molecule has 0 amide bonds. The number of hydrogen-bond acceptors (Lipinski definition) is 3. The first-order valence-corrected chi connectivity index (χ1v) is 6.25. The predicted octanol–water partition coefficient (Wildman–Crippen LogP) is 3.79. The van der Waals surface area contributed by atoms with E-state index in [4.69, 9.17) is 0 Å². The van der Waals surface area contributed by atoms with Crippen molar-refractivity contribution in [3.63, 3.8) is 0 Å². The van der Waals surface area contributed by atoms with Crippen molar-refractivity contribution in [3.05, 3.63) is 15.6 Å². The van der Waals surface area contributed by atoms with Crippen molar-refractivity contribution in [2.75, 3.05) is 0 Å². The van der Waals surface area contributed by atoms with Gasteiger partial charge in [-0.25, -0.2) is 4.98 Å². The smallest absolute Gasteiger partial charge is 0.0900 e. The Morgan fingerprint density at radius 2 is 1.92 bits per heavy atom. The van der Waals surface area contributed by atoms with E-state index in [1.54, 1.807) is 0 Å². The molecule has 74 valence electrons. The van der Waals surface area contributed by atoms with Crippen molar-refractivity contribution in [3.8, 4) is 0 Å². The van der Waals surface area contributed by atoms with Gasteiger partial charge in [0.05, 0.1) is 10.7 Å². The van der Waals surface area contributed by atoms with Crippen molar-refractivity contribution in [2.24, 2.45) is 0 Å². The van der Waals surface area contributed by atoms with Crippen LogP contribution in [0, 0.1) is 13.8 Å². The molecule has 1 rings (SSSR count). The van der Waals surface area contributed by atoms with Crippen LogP contribution >= 0.6 is 23.1 Å². The van der Waals surface area contributed by atoms with Gasteiger partial charge in [0.15, 0.2) is 0 Å². The molecule has 1 aromatic heterocycles. The maximum atomic E-state index is 4.42. The molecule has 0 atom stereocenters. The molecule has 13 heavy (non-hydrogen) atoms. The number of nitrogens with zero attached hydrogens (tertiary/aromatic N) is 1. The molecular weight excluding hydrogens is 198 g/mol. The molecule has 0 aliphatic carbocycles. The van der Waals surface area contributed by atoms with E-state index >= 15 is 0 Å². The highest BCUT2D eigenvalue weighted by molar-refractivity contribution is 7.99. The average Bonchev–Trinajstić information content (AvgIpc) is 2.24. The second-order valence-corrected chi connectivity index (χ2v) is 7.23. The van der Waals surface area contributed by atoms with Crippen molar-refractivity contribution in [1.82, 2.24) is 4.98 Å². The molecular formula is C10H17NS2. The van der Waals surface area contributed by atoms with Crippen LogP contribution in [0.25, 0.3) is 0 Å². The molecule has 0 unspecified atom stereocenters. The molecule has 0 bridgehead atoms. The Kier molecular flexibility index (Phi) is 3.41. The molecule has 0 fully saturated rings. The lowest BCUT2D eigenvalue weighted by Crippen LogP contribution is -2.07. The van der Waals surface area contributed by atoms with Crippen molar-refractivity contribution in [1.29, 1.82) is 0 Å². The van der Waals surface area contributed by atoms with Crippen molar-refractivity contribution in [2.45, 2.75) is 45.1 Å². The molecule has 1 heterocycles. The summed E-state index contributed by atoms with van der Waals surface area (Å²) in [5, 5.41) is 1.18. The highest BCUT2D eigenvalue weighted by atomic mass is 32.2. The molecule has 0 saturated carbocycles. The summed E-state index contributed by atoms with van der Waals surface area (Å²) >= 11 is 3.81. The molecule has 1 aromatic rings. The zero-order chi connectivity index (χ0) is 10.1. The number of thioether (sulfide) groups is 1. The summed E-state index contributed by atoms with van der Waals surface area (Å²) in [4.78, 5) is 5.85. The topological polar surface area (TPSA) is 12.9 Å². The largest absolute Gasteiger partial charge is 0.247 e. The molecule has 1 nitrogen and oxygen atoms in total. The van der Waals surface area contributed by atoms with Crippen LogP contribution in [0.2, 0.25) is 0 Å². The van der Waals surface area contributed by atoms with Crippen LogP contribution in [-0.4, -0.2) is 9.73 Å². The number of hydrogen-bond donors (Lipinski definition) is 0. The standard InChI is InChI=1S/C10H17NS2/c1-7-9(13-8(2)11-7)6-12-10(3,4)5/h6H2,1-5H3. The quantitative estimate of drug-likeness (QED) is 0.744. The number of thiazole rings is 1. The zero-order valence-electron chi connectivity index (χ0n) is 8.97. The maximum Gasteiger partial charge on any atom is 0.0900 e. The first kappa shape index (κ1) is 11.1. The second-order valence-electron chi connectivity index (χ2n) is 4.14. The average molecular weight is 215 g/mol. The number of rotatable bonds is 2. The second kappa shape index (κ2) is 4.01. The highest BCUT2D eigenvalue weighted by Gasteiger charge is 2.13. The molecule has 0 aliphatic rings. The minimum absolute atomic E-state index is 0.352. The Hall–Kier alpha value is -0.0200. The summed E-state index contributed by atoms with van der Waals surface area (Å²) < 4.78 is 0.352. The fourth-order valence-electron chi connectivity index (χ4n) is 0.989. The lowest BCUT2D eigenvalue weighted by Gasteiger charge is -2.16. The van der Waals surface area contributed by atoms with E-state index in [2.05, 4.69) is 39.6 Å². The number of aromatic nitrogens is 1. The number of aryl methyl sites for hydroxylation is 2. The summed E-state index contributed by atoms with van der Waals surface area (Å²) in [6.07, 6.45) is 0. The van der Waals surface area contributed by atoms with Crippen LogP contribution in [0.1, 0.15) is 36.3 Å². The Balaban J connectivity index is 2.59. The van der Waals surface area contributed by atoms with Gasteiger partial charge in [-0.1, -0.05) is 20.8 Å². The third kappa shape index (κ3) is 3.69. The van der Waals surface area contributed by atoms with Crippen LogP contribution < -0.4 is 0 Å². The summed E-state index contributed by atoms with van der Waals surface area (Å²) in [5.41, 5.74) is 1.21. The van der Waals surface area contributed by atoms with Gasteiger partial charge in [0.1, 0.15) is 0 Å². The van der Waals surface area contributed by atoms with Crippen LogP contribution in [0.3, 0.4) is 0 Å². The van der Waals surface area contributed by atoms with Gasteiger partial charge < -0.3 is 0 Å². The molecule has 0 aromatic carbocycles. The van der Waals surface area contributed by atoms with Crippen LogP contribution in [0.15, 0.2) is 0 Å². The summed E-state index contributed by atoms with van der Waals surface area (Å²) in [6.45, 7) is 10.9. The maximum absolute atomic E-state index is 4.42. The van der Waals surface area contributed by atoms with Gasteiger partial charge in [-0.05, 0) is 13.8 Å². The first-order chi connectivity index (χ1) is 5.88. The van der Waals surface area contributed by atoms with E-state index in [1.807, 2.05) is 23.1 Å². The van der Waals surface area contributed by atoms with E-state index in [0.717, 1.165) is 5.75 Å². The first-order valence-electron chi connectivity index (χ1n) is 4.45. The van der Waals surface area contributed by atoms with E-state index < -0.39 is 0 Å². The molecule has 0 spiro atoms. The van der Waals surface area contributed by atoms with Gasteiger partial charge in [-0.3, -0.25) is 0 Å². The highest BCUT2D eigenvalue weighted by Crippen LogP contribution is 2.30. The Morgan fingerprint density at radius 3 is 2.31 bits per heavy atom. The molecule has 0 N–H and O–H groups in total.